The Balaban J connectivity index is 1.74. The molecule has 0 aliphatic rings. The number of rotatable bonds is 3. The van der Waals surface area contributed by atoms with E-state index in [1.54, 1.807) is 7.11 Å². The molecule has 3 heteroatoms. The fourth-order valence-corrected chi connectivity index (χ4v) is 6.16. The zero-order valence-corrected chi connectivity index (χ0v) is 21.4. The molecule has 0 spiro atoms. The van der Waals surface area contributed by atoms with Crippen molar-refractivity contribution in [2.75, 3.05) is 7.11 Å². The Hall–Kier alpha value is -5.15. The molecule has 0 unspecified atom stereocenters. The van der Waals surface area contributed by atoms with Crippen LogP contribution in [0.15, 0.2) is 127 Å². The largest absolute Gasteiger partial charge is 0.497 e. The van der Waals surface area contributed by atoms with Crippen LogP contribution in [0.5, 0.6) is 5.75 Å². The van der Waals surface area contributed by atoms with Gasteiger partial charge in [0.15, 0.2) is 0 Å². The fraction of sp³-hybridized carbons (Fsp3) is 0.0278. The highest BCUT2D eigenvalue weighted by Crippen LogP contribution is 2.45. The van der Waals surface area contributed by atoms with Crippen LogP contribution >= 0.6 is 0 Å². The zero-order valence-electron chi connectivity index (χ0n) is 21.4. The molecule has 0 saturated carbocycles. The number of aromatic nitrogens is 2. The molecule has 0 fully saturated rings. The van der Waals surface area contributed by atoms with Crippen molar-refractivity contribution < 1.29 is 4.74 Å². The van der Waals surface area contributed by atoms with Gasteiger partial charge in [-0.25, -0.2) is 4.98 Å². The molecule has 0 atom stereocenters. The molecule has 6 aromatic carbocycles. The standard InChI is InChI=1S/C36H24N2O/c1-39-25-20-21-30-31(22-25)32(23-12-4-2-5-13-23)34(24-14-6-3-7-15-24)38-35-29-19-11-9-17-27(29)26-16-8-10-18-28(26)33(35)37-36(30)38/h2-22H,1H3. The maximum absolute atomic E-state index is 5.72. The van der Waals surface area contributed by atoms with Crippen molar-refractivity contribution >= 4 is 49.0 Å². The third-order valence-corrected chi connectivity index (χ3v) is 7.84. The number of ether oxygens (including phenoxy) is 1. The van der Waals surface area contributed by atoms with Gasteiger partial charge in [0, 0.05) is 21.7 Å². The van der Waals surface area contributed by atoms with Gasteiger partial charge in [-0.1, -0.05) is 109 Å². The van der Waals surface area contributed by atoms with Gasteiger partial charge in [-0.15, -0.1) is 0 Å². The summed E-state index contributed by atoms with van der Waals surface area (Å²) in [5.41, 5.74) is 7.69. The van der Waals surface area contributed by atoms with E-state index < -0.39 is 0 Å². The number of imidazole rings is 1. The number of methoxy groups -OCH3 is 1. The minimum Gasteiger partial charge on any atom is -0.497 e. The highest BCUT2D eigenvalue weighted by molar-refractivity contribution is 6.25. The van der Waals surface area contributed by atoms with Gasteiger partial charge < -0.3 is 4.74 Å². The Labute approximate surface area is 225 Å². The van der Waals surface area contributed by atoms with Crippen molar-refractivity contribution in [3.63, 3.8) is 0 Å². The van der Waals surface area contributed by atoms with E-state index in [2.05, 4.69) is 126 Å². The lowest BCUT2D eigenvalue weighted by Gasteiger charge is -2.19. The number of hydrogen-bond donors (Lipinski definition) is 0. The second kappa shape index (κ2) is 8.44. The van der Waals surface area contributed by atoms with E-state index >= 15 is 0 Å². The first-order chi connectivity index (χ1) is 19.3. The lowest BCUT2D eigenvalue weighted by atomic mass is 9.93. The normalized spacial score (nSPS) is 11.7. The van der Waals surface area contributed by atoms with Crippen molar-refractivity contribution in [3.8, 4) is 28.1 Å². The molecule has 39 heavy (non-hydrogen) atoms. The predicted molar refractivity (Wildman–Crippen MR) is 163 cm³/mol. The van der Waals surface area contributed by atoms with Crippen LogP contribution in [0.2, 0.25) is 0 Å². The van der Waals surface area contributed by atoms with Crippen molar-refractivity contribution in [1.29, 1.82) is 0 Å². The molecule has 0 aliphatic heterocycles. The molecule has 3 nitrogen and oxygen atoms in total. The van der Waals surface area contributed by atoms with Gasteiger partial charge in [0.1, 0.15) is 11.4 Å². The number of fused-ring (bicyclic) bond motifs is 10. The second-order valence-electron chi connectivity index (χ2n) is 9.93. The Bertz CT molecular complexity index is 2200. The summed E-state index contributed by atoms with van der Waals surface area (Å²) in [6.45, 7) is 0. The van der Waals surface area contributed by atoms with Gasteiger partial charge in [-0.2, -0.15) is 0 Å². The van der Waals surface area contributed by atoms with Gasteiger partial charge >= 0.3 is 0 Å². The second-order valence-corrected chi connectivity index (χ2v) is 9.93. The Morgan fingerprint density at radius 3 is 1.82 bits per heavy atom. The third kappa shape index (κ3) is 3.14. The Morgan fingerprint density at radius 1 is 0.538 bits per heavy atom. The average Bonchev–Trinajstić information content (AvgIpc) is 3.42. The summed E-state index contributed by atoms with van der Waals surface area (Å²) in [6, 6.07) is 45.0. The van der Waals surface area contributed by atoms with Crippen LogP contribution in [0.1, 0.15) is 0 Å². The third-order valence-electron chi connectivity index (χ3n) is 7.84. The molecule has 0 saturated heterocycles. The van der Waals surface area contributed by atoms with Crippen molar-refractivity contribution in [2.45, 2.75) is 0 Å². The van der Waals surface area contributed by atoms with Gasteiger partial charge in [0.05, 0.1) is 23.8 Å². The van der Waals surface area contributed by atoms with Gasteiger partial charge in [0.2, 0.25) is 0 Å². The van der Waals surface area contributed by atoms with Crippen LogP contribution in [0.4, 0.5) is 0 Å². The summed E-state index contributed by atoms with van der Waals surface area (Å²) in [7, 11) is 1.72. The first-order valence-electron chi connectivity index (χ1n) is 13.2. The molecule has 8 rings (SSSR count). The molecule has 0 radical (unpaired) electrons. The van der Waals surface area contributed by atoms with Gasteiger partial charge in [0.25, 0.3) is 0 Å². The minimum absolute atomic E-state index is 0.829. The van der Waals surface area contributed by atoms with Crippen LogP contribution in [-0.4, -0.2) is 16.5 Å². The molecule has 184 valence electrons. The van der Waals surface area contributed by atoms with Gasteiger partial charge in [-0.05, 0) is 45.5 Å². The summed E-state index contributed by atoms with van der Waals surface area (Å²) < 4.78 is 8.12. The van der Waals surface area contributed by atoms with E-state index in [0.29, 0.717) is 0 Å². The lowest BCUT2D eigenvalue weighted by molar-refractivity contribution is 0.415. The number of hydrogen-bond acceptors (Lipinski definition) is 2. The topological polar surface area (TPSA) is 26.5 Å². The molecular formula is C36H24N2O. The molecule has 0 N–H and O–H groups in total. The van der Waals surface area contributed by atoms with Crippen molar-refractivity contribution in [2.24, 2.45) is 0 Å². The predicted octanol–water partition coefficient (Wildman–Crippen LogP) is 9.29. The van der Waals surface area contributed by atoms with E-state index in [-0.39, 0.29) is 0 Å². The Morgan fingerprint density at radius 2 is 1.13 bits per heavy atom. The monoisotopic (exact) mass is 500 g/mol. The van der Waals surface area contributed by atoms with Gasteiger partial charge in [-0.3, -0.25) is 4.40 Å². The first kappa shape index (κ1) is 21.9. The van der Waals surface area contributed by atoms with Crippen LogP contribution in [-0.2, 0) is 0 Å². The summed E-state index contributed by atoms with van der Waals surface area (Å²) >= 11 is 0. The van der Waals surface area contributed by atoms with Crippen LogP contribution in [0.25, 0.3) is 71.4 Å². The maximum atomic E-state index is 5.72. The number of nitrogens with zero attached hydrogens (tertiary/aromatic N) is 2. The van der Waals surface area contributed by atoms with Crippen LogP contribution < -0.4 is 4.74 Å². The van der Waals surface area contributed by atoms with E-state index in [1.165, 1.54) is 21.7 Å². The molecule has 8 aromatic rings. The minimum atomic E-state index is 0.829. The molecule has 2 heterocycles. The summed E-state index contributed by atoms with van der Waals surface area (Å²) in [5, 5.41) is 7.03. The van der Waals surface area contributed by atoms with E-state index in [9.17, 15) is 0 Å². The smallest absolute Gasteiger partial charge is 0.146 e. The highest BCUT2D eigenvalue weighted by Gasteiger charge is 2.23. The summed E-state index contributed by atoms with van der Waals surface area (Å²) in [5.74, 6) is 0.829. The summed E-state index contributed by atoms with van der Waals surface area (Å²) in [4.78, 5) is 5.42. The van der Waals surface area contributed by atoms with E-state index in [1.807, 2.05) is 6.07 Å². The summed E-state index contributed by atoms with van der Waals surface area (Å²) in [6.07, 6.45) is 0. The lowest BCUT2D eigenvalue weighted by Crippen LogP contribution is -1.99. The molecule has 2 aromatic heterocycles. The fourth-order valence-electron chi connectivity index (χ4n) is 6.16. The number of benzene rings is 6. The zero-order chi connectivity index (χ0) is 25.9. The first-order valence-corrected chi connectivity index (χ1v) is 13.2. The molecule has 0 bridgehead atoms. The quantitative estimate of drug-likeness (QED) is 0.226. The van der Waals surface area contributed by atoms with Crippen LogP contribution in [0.3, 0.4) is 0 Å². The highest BCUT2D eigenvalue weighted by atomic mass is 16.5. The maximum Gasteiger partial charge on any atom is 0.146 e. The van der Waals surface area contributed by atoms with Crippen LogP contribution in [0, 0.1) is 0 Å². The molecule has 0 aliphatic carbocycles. The Kier molecular flexibility index (Phi) is 4.74. The molecular weight excluding hydrogens is 476 g/mol. The SMILES string of the molecule is COc1ccc2c(c1)c(-c1ccccc1)c(-c1ccccc1)n1c2nc2c3ccccc3c3ccccc3c21. The van der Waals surface area contributed by atoms with E-state index in [0.717, 1.165) is 55.4 Å². The molecule has 0 amide bonds. The van der Waals surface area contributed by atoms with E-state index in [4.69, 9.17) is 9.72 Å². The van der Waals surface area contributed by atoms with Crippen molar-refractivity contribution in [3.05, 3.63) is 127 Å². The average molecular weight is 501 g/mol. The number of pyridine rings is 1. The van der Waals surface area contributed by atoms with Crippen molar-refractivity contribution in [1.82, 2.24) is 9.38 Å².